The van der Waals surface area contributed by atoms with Crippen molar-refractivity contribution in [2.24, 2.45) is 5.73 Å². The zero-order valence-corrected chi connectivity index (χ0v) is 12.9. The maximum Gasteiger partial charge on any atom is 0.267 e. The van der Waals surface area contributed by atoms with Crippen LogP contribution in [0.15, 0.2) is 41.1 Å². The third kappa shape index (κ3) is 2.14. The Kier molecular flexibility index (Phi) is 3.30. The lowest BCUT2D eigenvalue weighted by atomic mass is 10.2. The molecule has 5 nitrogen and oxygen atoms in total. The second-order valence-electron chi connectivity index (χ2n) is 4.40. The van der Waals surface area contributed by atoms with Gasteiger partial charge in [-0.2, -0.15) is 0 Å². The fraction of sp³-hybridized carbons (Fsp3) is 0. The van der Waals surface area contributed by atoms with E-state index in [1.165, 1.54) is 18.5 Å². The summed E-state index contributed by atoms with van der Waals surface area (Å²) >= 11 is 8.25. The normalized spacial score (nSPS) is 13.5. The van der Waals surface area contributed by atoms with Crippen LogP contribution in [-0.4, -0.2) is 21.8 Å². The molecule has 0 saturated carbocycles. The van der Waals surface area contributed by atoms with Gasteiger partial charge in [-0.3, -0.25) is 14.6 Å². The first-order valence-electron chi connectivity index (χ1n) is 5.93. The van der Waals surface area contributed by atoms with Gasteiger partial charge in [0.1, 0.15) is 4.99 Å². The van der Waals surface area contributed by atoms with Crippen molar-refractivity contribution in [3.05, 3.63) is 57.8 Å². The highest BCUT2D eigenvalue weighted by Gasteiger charge is 2.37. The summed E-state index contributed by atoms with van der Waals surface area (Å²) in [6, 6.07) is 6.52. The number of imide groups is 1. The van der Waals surface area contributed by atoms with Gasteiger partial charge >= 0.3 is 0 Å². The Morgan fingerprint density at radius 1 is 1.19 bits per heavy atom. The molecule has 1 aromatic carbocycles. The van der Waals surface area contributed by atoms with Gasteiger partial charge < -0.3 is 5.73 Å². The van der Waals surface area contributed by atoms with Crippen LogP contribution in [0.4, 0.5) is 5.69 Å². The van der Waals surface area contributed by atoms with Crippen LogP contribution < -0.4 is 10.6 Å². The average Bonchev–Trinajstić information content (AvgIpc) is 2.72. The van der Waals surface area contributed by atoms with E-state index in [2.05, 4.69) is 20.9 Å². The molecule has 1 aliphatic rings. The van der Waals surface area contributed by atoms with Crippen LogP contribution in [0.3, 0.4) is 0 Å². The number of aromatic nitrogens is 1. The zero-order chi connectivity index (χ0) is 15.1. The number of halogens is 1. The first kappa shape index (κ1) is 13.8. The van der Waals surface area contributed by atoms with E-state index in [0.717, 1.165) is 4.90 Å². The highest BCUT2D eigenvalue weighted by atomic mass is 79.9. The Hall–Kier alpha value is -2.12. The van der Waals surface area contributed by atoms with E-state index in [0.29, 0.717) is 26.9 Å². The first-order chi connectivity index (χ1) is 10.0. The Balaban J connectivity index is 2.09. The number of fused-ring (bicyclic) bond motifs is 1. The van der Waals surface area contributed by atoms with Crippen molar-refractivity contribution in [1.82, 2.24) is 4.98 Å². The molecule has 2 heterocycles. The molecule has 2 aromatic rings. The molecule has 1 aromatic heterocycles. The van der Waals surface area contributed by atoms with E-state index in [1.54, 1.807) is 18.2 Å². The minimum Gasteiger partial charge on any atom is -0.389 e. The third-order valence-corrected chi connectivity index (χ3v) is 4.03. The van der Waals surface area contributed by atoms with Crippen LogP contribution in [0.25, 0.3) is 0 Å². The quantitative estimate of drug-likeness (QED) is 0.655. The monoisotopic (exact) mass is 361 g/mol. The molecule has 7 heteroatoms. The van der Waals surface area contributed by atoms with E-state index >= 15 is 0 Å². The summed E-state index contributed by atoms with van der Waals surface area (Å²) in [5, 5.41) is 0. The fourth-order valence-corrected chi connectivity index (χ4v) is 2.83. The van der Waals surface area contributed by atoms with Crippen molar-refractivity contribution < 1.29 is 9.59 Å². The number of nitrogens with two attached hydrogens (primary N) is 1. The van der Waals surface area contributed by atoms with Crippen LogP contribution in [0.1, 0.15) is 26.3 Å². The van der Waals surface area contributed by atoms with Gasteiger partial charge in [-0.25, -0.2) is 4.90 Å². The number of pyridine rings is 1. The van der Waals surface area contributed by atoms with Gasteiger partial charge in [0.2, 0.25) is 0 Å². The van der Waals surface area contributed by atoms with Gasteiger partial charge in [0.15, 0.2) is 0 Å². The van der Waals surface area contributed by atoms with Gasteiger partial charge in [0.05, 0.1) is 16.8 Å². The molecule has 0 aliphatic carbocycles. The predicted molar refractivity (Wildman–Crippen MR) is 85.4 cm³/mol. The largest absolute Gasteiger partial charge is 0.389 e. The van der Waals surface area contributed by atoms with Gasteiger partial charge in [0.25, 0.3) is 11.8 Å². The maximum atomic E-state index is 12.4. The van der Waals surface area contributed by atoms with Crippen LogP contribution in [-0.2, 0) is 0 Å². The molecule has 0 radical (unpaired) electrons. The first-order valence-corrected chi connectivity index (χ1v) is 7.13. The number of carbonyl (C=O) groups is 2. The maximum absolute atomic E-state index is 12.4. The number of anilines is 1. The molecule has 2 N–H and O–H groups in total. The minimum absolute atomic E-state index is 0.244. The smallest absolute Gasteiger partial charge is 0.267 e. The number of amides is 2. The molecule has 21 heavy (non-hydrogen) atoms. The van der Waals surface area contributed by atoms with Crippen molar-refractivity contribution in [1.29, 1.82) is 0 Å². The molecule has 3 rings (SSSR count). The SMILES string of the molecule is NC(=S)c1ccc(N2C(=O)c3ccncc3C2=O)c(Br)c1. The number of benzene rings is 1. The summed E-state index contributed by atoms with van der Waals surface area (Å²) in [4.78, 5) is 30.0. The van der Waals surface area contributed by atoms with E-state index in [-0.39, 0.29) is 10.9 Å². The van der Waals surface area contributed by atoms with Gasteiger partial charge in [-0.15, -0.1) is 0 Å². The fourth-order valence-electron chi connectivity index (χ4n) is 2.14. The number of carbonyl (C=O) groups excluding carboxylic acids is 2. The van der Waals surface area contributed by atoms with Crippen LogP contribution in [0, 0.1) is 0 Å². The van der Waals surface area contributed by atoms with Crippen molar-refractivity contribution in [2.75, 3.05) is 4.90 Å². The van der Waals surface area contributed by atoms with Crippen molar-refractivity contribution in [2.45, 2.75) is 0 Å². The second-order valence-corrected chi connectivity index (χ2v) is 5.69. The van der Waals surface area contributed by atoms with E-state index < -0.39 is 5.91 Å². The number of rotatable bonds is 2. The van der Waals surface area contributed by atoms with Crippen LogP contribution in [0.5, 0.6) is 0 Å². The Labute approximate surface area is 133 Å². The summed E-state index contributed by atoms with van der Waals surface area (Å²) in [6.45, 7) is 0. The van der Waals surface area contributed by atoms with Crippen molar-refractivity contribution in [3.63, 3.8) is 0 Å². The minimum atomic E-state index is -0.396. The molecule has 0 fully saturated rings. The molecule has 2 amide bonds. The Bertz CT molecular complexity index is 772. The molecule has 104 valence electrons. The summed E-state index contributed by atoms with van der Waals surface area (Å²) in [5.74, 6) is -0.770. The highest BCUT2D eigenvalue weighted by Crippen LogP contribution is 2.33. The van der Waals surface area contributed by atoms with Crippen molar-refractivity contribution >= 4 is 50.6 Å². The molecule has 0 atom stereocenters. The summed E-state index contributed by atoms with van der Waals surface area (Å²) < 4.78 is 0.565. The topological polar surface area (TPSA) is 76.3 Å². The molecule has 0 unspecified atom stereocenters. The lowest BCUT2D eigenvalue weighted by molar-refractivity contribution is 0.0926. The second kappa shape index (κ2) is 5.01. The standard InChI is InChI=1S/C14H8BrN3O2S/c15-10-5-7(12(16)21)1-2-11(10)18-13(19)8-3-4-17-6-9(8)14(18)20/h1-6H,(H2,16,21). The highest BCUT2D eigenvalue weighted by molar-refractivity contribution is 9.10. The molecule has 0 bridgehead atoms. The predicted octanol–water partition coefficient (Wildman–Crippen LogP) is 2.28. The molecule has 0 saturated heterocycles. The molecular weight excluding hydrogens is 354 g/mol. The average molecular weight is 362 g/mol. The summed E-state index contributed by atoms with van der Waals surface area (Å²) in [6.07, 6.45) is 2.88. The summed E-state index contributed by atoms with van der Waals surface area (Å²) in [5.41, 5.74) is 7.31. The number of hydrogen-bond donors (Lipinski definition) is 1. The lowest BCUT2D eigenvalue weighted by Crippen LogP contribution is -2.29. The van der Waals surface area contributed by atoms with Gasteiger partial charge in [-0.1, -0.05) is 12.2 Å². The van der Waals surface area contributed by atoms with Gasteiger partial charge in [0, 0.05) is 22.4 Å². The number of nitrogens with zero attached hydrogens (tertiary/aromatic N) is 2. The van der Waals surface area contributed by atoms with Gasteiger partial charge in [-0.05, 0) is 40.2 Å². The molecular formula is C14H8BrN3O2S. The van der Waals surface area contributed by atoms with E-state index in [1.807, 2.05) is 0 Å². The molecule has 0 spiro atoms. The van der Waals surface area contributed by atoms with Crippen LogP contribution >= 0.6 is 28.1 Å². The number of thiocarbonyl (C=S) groups is 1. The lowest BCUT2D eigenvalue weighted by Gasteiger charge is -2.16. The Morgan fingerprint density at radius 3 is 2.52 bits per heavy atom. The zero-order valence-electron chi connectivity index (χ0n) is 10.5. The van der Waals surface area contributed by atoms with Crippen LogP contribution in [0.2, 0.25) is 0 Å². The van der Waals surface area contributed by atoms with E-state index in [4.69, 9.17) is 18.0 Å². The molecule has 1 aliphatic heterocycles. The number of hydrogen-bond acceptors (Lipinski definition) is 4. The third-order valence-electron chi connectivity index (χ3n) is 3.16. The van der Waals surface area contributed by atoms with E-state index in [9.17, 15) is 9.59 Å². The van der Waals surface area contributed by atoms with Crippen molar-refractivity contribution in [3.8, 4) is 0 Å². The Morgan fingerprint density at radius 2 is 1.90 bits per heavy atom. The summed E-state index contributed by atoms with van der Waals surface area (Å²) in [7, 11) is 0.